The molecule has 176 valence electrons. The molecule has 8 unspecified atom stereocenters. The van der Waals surface area contributed by atoms with E-state index in [0.29, 0.717) is 33.5 Å². The molecule has 0 aromatic carbocycles. The average Bonchev–Trinajstić information content (AvgIpc) is 2.66. The van der Waals surface area contributed by atoms with Crippen LogP contribution < -0.4 is 0 Å². The van der Waals surface area contributed by atoms with Gasteiger partial charge in [0.25, 0.3) is 0 Å². The smallest absolute Gasteiger partial charge is 0.0610 e. The van der Waals surface area contributed by atoms with Gasteiger partial charge in [0.1, 0.15) is 0 Å². The van der Waals surface area contributed by atoms with Crippen LogP contribution in [0.3, 0.4) is 0 Å². The average molecular weight is 427 g/mol. The number of fused-ring (bicyclic) bond motifs is 7. The first-order valence-corrected chi connectivity index (χ1v) is 13.6. The first-order chi connectivity index (χ1) is 14.2. The number of rotatable bonds is 0. The fraction of sp³-hybridized carbons (Fsp3) is 0.933. The normalized spacial score (nSPS) is 55.2. The molecule has 0 saturated heterocycles. The molecule has 0 radical (unpaired) electrons. The summed E-state index contributed by atoms with van der Waals surface area (Å²) in [5.74, 6) is 1.98. The van der Waals surface area contributed by atoms with Gasteiger partial charge in [0.05, 0.1) is 6.10 Å². The van der Waals surface area contributed by atoms with Gasteiger partial charge in [0.2, 0.25) is 0 Å². The van der Waals surface area contributed by atoms with Crippen LogP contribution >= 0.6 is 0 Å². The molecule has 5 rings (SSSR count). The van der Waals surface area contributed by atoms with E-state index < -0.39 is 0 Å². The van der Waals surface area contributed by atoms with Gasteiger partial charge in [-0.05, 0) is 103 Å². The molecule has 31 heavy (non-hydrogen) atoms. The van der Waals surface area contributed by atoms with Crippen molar-refractivity contribution >= 4 is 0 Å². The summed E-state index contributed by atoms with van der Waals surface area (Å²) >= 11 is 0. The molecular formula is C30H50O. The topological polar surface area (TPSA) is 20.2 Å². The van der Waals surface area contributed by atoms with Gasteiger partial charge in [-0.2, -0.15) is 0 Å². The van der Waals surface area contributed by atoms with Crippen LogP contribution in [0.15, 0.2) is 11.6 Å². The van der Waals surface area contributed by atoms with Crippen LogP contribution in [-0.4, -0.2) is 11.2 Å². The lowest BCUT2D eigenvalue weighted by Crippen LogP contribution is -2.67. The molecule has 4 fully saturated rings. The maximum Gasteiger partial charge on any atom is 0.0610 e. The Morgan fingerprint density at radius 2 is 1.48 bits per heavy atom. The molecule has 4 saturated carbocycles. The summed E-state index contributed by atoms with van der Waals surface area (Å²) in [5.41, 5.74) is 3.56. The quantitative estimate of drug-likeness (QED) is 0.387. The maximum atomic E-state index is 12.1. The van der Waals surface area contributed by atoms with Crippen LogP contribution in [0.2, 0.25) is 0 Å². The molecule has 1 heteroatoms. The molecule has 8 atom stereocenters. The third-order valence-corrected chi connectivity index (χ3v) is 12.9. The second kappa shape index (κ2) is 6.43. The zero-order valence-corrected chi connectivity index (χ0v) is 21.9. The monoisotopic (exact) mass is 426 g/mol. The van der Waals surface area contributed by atoms with Crippen molar-refractivity contribution in [3.05, 3.63) is 11.6 Å². The van der Waals surface area contributed by atoms with Gasteiger partial charge < -0.3 is 5.11 Å². The van der Waals surface area contributed by atoms with Crippen LogP contribution in [0.1, 0.15) is 120 Å². The van der Waals surface area contributed by atoms with Gasteiger partial charge in [0, 0.05) is 5.41 Å². The summed E-state index contributed by atoms with van der Waals surface area (Å²) in [4.78, 5) is 0. The van der Waals surface area contributed by atoms with Crippen molar-refractivity contribution in [2.24, 2.45) is 50.2 Å². The Hall–Kier alpha value is -0.300. The fourth-order valence-corrected chi connectivity index (χ4v) is 10.6. The molecule has 0 spiro atoms. The Labute approximate surface area is 192 Å². The van der Waals surface area contributed by atoms with Crippen molar-refractivity contribution < 1.29 is 5.11 Å². The minimum Gasteiger partial charge on any atom is -0.392 e. The minimum absolute atomic E-state index is 0.00735. The fourth-order valence-electron chi connectivity index (χ4n) is 10.6. The minimum atomic E-state index is -0.168. The van der Waals surface area contributed by atoms with Gasteiger partial charge in [-0.15, -0.1) is 0 Å². The van der Waals surface area contributed by atoms with Crippen LogP contribution in [-0.2, 0) is 0 Å². The summed E-state index contributed by atoms with van der Waals surface area (Å²) in [7, 11) is 0. The van der Waals surface area contributed by atoms with Gasteiger partial charge in [-0.3, -0.25) is 0 Å². The highest BCUT2D eigenvalue weighted by atomic mass is 16.3. The van der Waals surface area contributed by atoms with E-state index in [-0.39, 0.29) is 16.9 Å². The summed E-state index contributed by atoms with van der Waals surface area (Å²) in [6.07, 6.45) is 15.5. The number of hydrogen-bond acceptors (Lipinski definition) is 1. The zero-order valence-electron chi connectivity index (χ0n) is 21.9. The van der Waals surface area contributed by atoms with E-state index in [1.165, 1.54) is 57.8 Å². The molecular weight excluding hydrogens is 376 g/mol. The largest absolute Gasteiger partial charge is 0.392 e. The Kier molecular flexibility index (Phi) is 4.66. The number of hydrogen-bond donors (Lipinski definition) is 1. The van der Waals surface area contributed by atoms with Crippen LogP contribution in [0.4, 0.5) is 0 Å². The summed E-state index contributed by atoms with van der Waals surface area (Å²) in [6.45, 7) is 20.3. The number of aliphatic hydroxyl groups is 1. The standard InChI is InChI=1S/C30H50O/c1-25(2)14-15-27(5)16-17-29(7)20-10-11-22-26(3,4)12-9-13-28(22,6)21(20)18-24(31)30(29,8)23(27)19-25/h10,21-24,31H,9,11-19H2,1-8H3. The molecule has 1 nitrogen and oxygen atoms in total. The summed E-state index contributed by atoms with van der Waals surface area (Å²) in [6, 6.07) is 0. The second-order valence-electron chi connectivity index (χ2n) is 15.3. The number of aliphatic hydroxyl groups excluding tert-OH is 1. The predicted octanol–water partition coefficient (Wildman–Crippen LogP) is 8.17. The highest BCUT2D eigenvalue weighted by molar-refractivity contribution is 5.34. The van der Waals surface area contributed by atoms with Crippen molar-refractivity contribution in [2.75, 3.05) is 0 Å². The SMILES string of the molecule is CC1(C)CCC2(C)CCC3(C)C4=CCC5C(C)(C)CCCC5(C)C4CC(O)C3(C)C2C1. The van der Waals surface area contributed by atoms with Crippen molar-refractivity contribution in [3.63, 3.8) is 0 Å². The lowest BCUT2D eigenvalue weighted by atomic mass is 9.33. The second-order valence-corrected chi connectivity index (χ2v) is 15.3. The Balaban J connectivity index is 1.61. The molecule has 0 aromatic heterocycles. The molecule has 0 aromatic rings. The van der Waals surface area contributed by atoms with Crippen LogP contribution in [0.5, 0.6) is 0 Å². The maximum absolute atomic E-state index is 12.1. The highest BCUT2D eigenvalue weighted by Gasteiger charge is 2.69. The summed E-state index contributed by atoms with van der Waals surface area (Å²) < 4.78 is 0. The Morgan fingerprint density at radius 1 is 0.806 bits per heavy atom. The van der Waals surface area contributed by atoms with Crippen molar-refractivity contribution in [3.8, 4) is 0 Å². The lowest BCUT2D eigenvalue weighted by molar-refractivity contribution is -0.218. The van der Waals surface area contributed by atoms with Gasteiger partial charge >= 0.3 is 0 Å². The predicted molar refractivity (Wildman–Crippen MR) is 131 cm³/mol. The van der Waals surface area contributed by atoms with Crippen LogP contribution in [0, 0.1) is 50.2 Å². The first kappa shape index (κ1) is 22.5. The third kappa shape index (κ3) is 2.77. The third-order valence-electron chi connectivity index (χ3n) is 12.9. The number of allylic oxidation sites excluding steroid dienone is 2. The van der Waals surface area contributed by atoms with E-state index in [0.717, 1.165) is 12.3 Å². The molecule has 1 N–H and O–H groups in total. The summed E-state index contributed by atoms with van der Waals surface area (Å²) in [5, 5.41) is 12.1. The molecule has 0 heterocycles. The van der Waals surface area contributed by atoms with Crippen molar-refractivity contribution in [1.29, 1.82) is 0 Å². The Morgan fingerprint density at radius 3 is 2.19 bits per heavy atom. The van der Waals surface area contributed by atoms with E-state index >= 15 is 0 Å². The van der Waals surface area contributed by atoms with Crippen molar-refractivity contribution in [2.45, 2.75) is 126 Å². The van der Waals surface area contributed by atoms with Gasteiger partial charge in [-0.25, -0.2) is 0 Å². The van der Waals surface area contributed by atoms with E-state index in [2.05, 4.69) is 61.5 Å². The van der Waals surface area contributed by atoms with E-state index in [1.54, 1.807) is 5.57 Å². The molecule has 0 amide bonds. The molecule has 0 bridgehead atoms. The molecule has 5 aliphatic rings. The van der Waals surface area contributed by atoms with E-state index in [9.17, 15) is 5.11 Å². The first-order valence-electron chi connectivity index (χ1n) is 13.6. The lowest BCUT2D eigenvalue weighted by Gasteiger charge is -2.72. The van der Waals surface area contributed by atoms with Crippen LogP contribution in [0.25, 0.3) is 0 Å². The van der Waals surface area contributed by atoms with E-state index in [1.807, 2.05) is 0 Å². The van der Waals surface area contributed by atoms with E-state index in [4.69, 9.17) is 0 Å². The van der Waals surface area contributed by atoms with Gasteiger partial charge in [0.15, 0.2) is 0 Å². The molecule has 0 aliphatic heterocycles. The van der Waals surface area contributed by atoms with Gasteiger partial charge in [-0.1, -0.05) is 73.5 Å². The Bertz CT molecular complexity index is 790. The highest BCUT2D eigenvalue weighted by Crippen LogP contribution is 2.75. The molecule has 5 aliphatic carbocycles. The zero-order chi connectivity index (χ0) is 22.7. The van der Waals surface area contributed by atoms with Crippen molar-refractivity contribution in [1.82, 2.24) is 0 Å².